The number of phenols is 1. The highest BCUT2D eigenvalue weighted by Crippen LogP contribution is 2.40. The van der Waals surface area contributed by atoms with Crippen LogP contribution in [0.1, 0.15) is 55.4 Å². The quantitative estimate of drug-likeness (QED) is 0.00784. The Kier molecular flexibility index (Phi) is 26.1. The van der Waals surface area contributed by atoms with Crippen molar-refractivity contribution in [1.29, 1.82) is 0 Å². The van der Waals surface area contributed by atoms with Crippen LogP contribution in [0.2, 0.25) is 0 Å². The first-order chi connectivity index (χ1) is 50.9. The van der Waals surface area contributed by atoms with E-state index in [1.165, 1.54) is 50.0 Å². The second-order valence-corrected chi connectivity index (χ2v) is 25.7. The lowest BCUT2D eigenvalue weighted by Crippen LogP contribution is -2.29. The predicted octanol–water partition coefficient (Wildman–Crippen LogP) is 21.2. The average Bonchev–Trinajstić information content (AvgIpc) is 0.781. The van der Waals surface area contributed by atoms with E-state index in [2.05, 4.69) is 192 Å². The molecule has 18 nitrogen and oxygen atoms in total. The van der Waals surface area contributed by atoms with Gasteiger partial charge in [0.25, 0.3) is 5.69 Å². The van der Waals surface area contributed by atoms with Crippen LogP contribution in [-0.2, 0) is 0 Å². The number of hydrogen-bond acceptors (Lipinski definition) is 16. The van der Waals surface area contributed by atoms with E-state index in [0.717, 1.165) is 130 Å². The molecule has 13 aromatic carbocycles. The van der Waals surface area contributed by atoms with E-state index < -0.39 is 4.92 Å². The number of halogens is 1. The summed E-state index contributed by atoms with van der Waals surface area (Å²) in [5, 5.41) is 38.8. The zero-order valence-electron chi connectivity index (χ0n) is 60.6. The largest absolute Gasteiger partial charge is 0.507 e. The van der Waals surface area contributed by atoms with Crippen molar-refractivity contribution in [3.63, 3.8) is 0 Å². The van der Waals surface area contributed by atoms with Crippen LogP contribution in [0.15, 0.2) is 263 Å². The fraction of sp³-hybridized carbons (Fsp3) is 0.186. The molecule has 536 valence electrons. The van der Waals surface area contributed by atoms with Crippen LogP contribution in [-0.4, -0.2) is 67.4 Å². The van der Waals surface area contributed by atoms with Gasteiger partial charge in [-0.05, 0) is 251 Å². The predicted molar refractivity (Wildman–Crippen MR) is 447 cm³/mol. The molecule has 0 aliphatic rings. The summed E-state index contributed by atoms with van der Waals surface area (Å²) in [6, 6.07) is 79.1. The summed E-state index contributed by atoms with van der Waals surface area (Å²) in [4.78, 5) is 22.0. The Balaban J connectivity index is 0.000000148. The number of anilines is 7. The summed E-state index contributed by atoms with van der Waals surface area (Å²) in [5.74, 6) is 3.10. The smallest absolute Gasteiger partial charge is 0.269 e. The number of phenolic OH excluding ortho intramolecular Hbond substituents is 1. The van der Waals surface area contributed by atoms with Crippen molar-refractivity contribution in [3.05, 3.63) is 268 Å². The first kappa shape index (κ1) is 75.7. The molecule has 19 heteroatoms. The van der Waals surface area contributed by atoms with Gasteiger partial charge >= 0.3 is 0 Å². The number of nitrogens with zero attached hydrogens (tertiary/aromatic N) is 8. The second kappa shape index (κ2) is 36.3. The molecular formula is C86H90IN12O6+. The number of nitro benzene ring substituents is 1. The summed E-state index contributed by atoms with van der Waals surface area (Å²) >= 11 is 2.23. The van der Waals surface area contributed by atoms with Gasteiger partial charge in [0.2, 0.25) is 5.36 Å². The van der Waals surface area contributed by atoms with Crippen LogP contribution in [0.25, 0.3) is 65.3 Å². The minimum Gasteiger partial charge on any atom is -0.507 e. The van der Waals surface area contributed by atoms with Crippen LogP contribution < -0.4 is 57.0 Å². The maximum atomic E-state index is 10.8. The van der Waals surface area contributed by atoms with Crippen molar-refractivity contribution < 1.29 is 23.9 Å². The van der Waals surface area contributed by atoms with Gasteiger partial charge in [0.1, 0.15) is 52.8 Å². The van der Waals surface area contributed by atoms with Crippen molar-refractivity contribution >= 4 is 145 Å². The fourth-order valence-electron chi connectivity index (χ4n) is 12.3. The highest BCUT2D eigenvalue weighted by molar-refractivity contribution is 14.1. The van der Waals surface area contributed by atoms with Crippen molar-refractivity contribution in [2.75, 3.05) is 90.0 Å². The molecule has 0 atom stereocenters. The third-order valence-corrected chi connectivity index (χ3v) is 18.5. The first-order valence-electron chi connectivity index (χ1n) is 35.3. The van der Waals surface area contributed by atoms with Crippen molar-refractivity contribution in [2.24, 2.45) is 10.2 Å². The standard InChI is InChI=1S/C26H25N5O3.C20H19N3O.C20H22N2O.C14H17NO.C6H6IN/c1-3-30(4-2)22-13-14-23-18(16-22)6-5-7-25(23)34-26-17-19(27)8-15-24(26)29-28-20-9-11-21(12-10-20)31(32)33;1-3-23(4-2)15-7-8-16-13(11-15)5-9-18-20(16)24-19-12-14(21)6-10-17(19)22-18;1-3-22(4-2)17-11-12-19-15(13-17)7-5-10-20(19)23-18-9-6-8-16(21)14-18;1-3-15(4-2)12-8-9-13-11(10-12)6-5-7-14(13)16;7-5-2-1-3-6(8)4-5/h5-17H,3-4,27H2,1-2H3;5-12,21H,3-4H2,1-2H3;5-14H,3-4,21H2,1-2H3;5-10,16H,3-4H2,1-2H3;1-4H,8H2/p+1. The molecule has 1 aromatic heterocycles. The minimum absolute atomic E-state index is 0.00411. The van der Waals surface area contributed by atoms with E-state index in [9.17, 15) is 15.2 Å². The molecule has 0 aliphatic heterocycles. The van der Waals surface area contributed by atoms with Crippen LogP contribution >= 0.6 is 22.6 Å². The number of rotatable bonds is 18. The summed E-state index contributed by atoms with van der Waals surface area (Å²) in [6.45, 7) is 25.1. The van der Waals surface area contributed by atoms with Gasteiger partial charge < -0.3 is 56.6 Å². The highest BCUT2D eigenvalue weighted by Gasteiger charge is 2.15. The summed E-state index contributed by atoms with van der Waals surface area (Å²) in [7, 11) is 0. The Morgan fingerprint density at radius 2 is 0.952 bits per heavy atom. The van der Waals surface area contributed by atoms with Crippen molar-refractivity contribution in [1.82, 2.24) is 9.56 Å². The van der Waals surface area contributed by atoms with Gasteiger partial charge in [0.15, 0.2) is 16.9 Å². The lowest BCUT2D eigenvalue weighted by atomic mass is 10.1. The Bertz CT molecular complexity index is 5410. The fourth-order valence-corrected chi connectivity index (χ4v) is 12.8. The number of hydrogen-bond donors (Lipinski definition) is 5. The van der Waals surface area contributed by atoms with Crippen LogP contribution in [0.3, 0.4) is 0 Å². The highest BCUT2D eigenvalue weighted by atomic mass is 127. The normalized spacial score (nSPS) is 10.9. The molecule has 1 heterocycles. The molecule has 0 radical (unpaired) electrons. The topological polar surface area (TPSA) is 249 Å². The molecule has 0 fully saturated rings. The molecule has 0 spiro atoms. The van der Waals surface area contributed by atoms with E-state index in [1.54, 1.807) is 24.3 Å². The number of aromatic hydroxyl groups is 1. The molecule has 9 N–H and O–H groups in total. The maximum Gasteiger partial charge on any atom is 0.269 e. The zero-order valence-corrected chi connectivity index (χ0v) is 62.7. The number of nitrogen functional groups attached to an aromatic ring is 4. The number of ether oxygens (including phenoxy) is 2. The molecular weight excluding hydrogens is 1420 g/mol. The Labute approximate surface area is 626 Å². The number of benzene rings is 13. The minimum atomic E-state index is -0.456. The molecule has 0 saturated heterocycles. The molecule has 14 rings (SSSR count). The second-order valence-electron chi connectivity index (χ2n) is 24.5. The third-order valence-electron chi connectivity index (χ3n) is 17.8. The van der Waals surface area contributed by atoms with Crippen LogP contribution in [0.5, 0.6) is 28.7 Å². The number of nitro groups is 1. The summed E-state index contributed by atoms with van der Waals surface area (Å²) in [5.41, 5.74) is 33.7. The van der Waals surface area contributed by atoms with Crippen LogP contribution in [0.4, 0.5) is 56.9 Å². The number of non-ortho nitro benzene ring substituents is 1. The summed E-state index contributed by atoms with van der Waals surface area (Å²) in [6.07, 6.45) is 0. The van der Waals surface area contributed by atoms with E-state index in [4.69, 9.17) is 41.8 Å². The molecule has 0 bridgehead atoms. The van der Waals surface area contributed by atoms with Gasteiger partial charge in [0, 0.05) is 147 Å². The SMILES string of the molecule is CCN(CC)c1ccc2c(O)cccc2c1.CCN(CC)c1ccc2c(Oc3cc(N)ccc3N=Nc3ccc([N+](=O)[O-])cc3)cccc2c1.CCN(CC)c1ccc2c(Oc3cccc(N)c3)cccc2c1.CC[N+](CC)=c1ccc2c(ccc3nc4ccc(N)cc4oc32)c1.Nc1cccc(I)c1. The Hall–Kier alpha value is -12.0. The molecule has 0 unspecified atom stereocenters. The lowest BCUT2D eigenvalue weighted by molar-refractivity contribution is -0.384. The van der Waals surface area contributed by atoms with Crippen molar-refractivity contribution in [3.8, 4) is 28.7 Å². The van der Waals surface area contributed by atoms with Gasteiger partial charge in [-0.1, -0.05) is 54.6 Å². The number of azo groups is 1. The van der Waals surface area contributed by atoms with E-state index in [1.807, 2.05) is 115 Å². The monoisotopic (exact) mass is 1510 g/mol. The van der Waals surface area contributed by atoms with E-state index in [0.29, 0.717) is 51.3 Å². The van der Waals surface area contributed by atoms with Gasteiger partial charge in [0.05, 0.1) is 10.6 Å². The third kappa shape index (κ3) is 19.4. The molecule has 105 heavy (non-hydrogen) atoms. The molecule has 0 saturated carbocycles. The Morgan fingerprint density at radius 3 is 1.50 bits per heavy atom. The lowest BCUT2D eigenvalue weighted by Gasteiger charge is -2.21. The van der Waals surface area contributed by atoms with E-state index in [-0.39, 0.29) is 5.69 Å². The van der Waals surface area contributed by atoms with Gasteiger partial charge in [-0.2, -0.15) is 5.11 Å². The molecule has 0 amide bonds. The first-order valence-corrected chi connectivity index (χ1v) is 36.4. The molecule has 0 aliphatic carbocycles. The summed E-state index contributed by atoms with van der Waals surface area (Å²) < 4.78 is 21.9. The Morgan fingerprint density at radius 1 is 0.457 bits per heavy atom. The van der Waals surface area contributed by atoms with E-state index >= 15 is 0 Å². The number of fused-ring (bicyclic) bond motifs is 7. The number of aromatic nitrogens is 1. The van der Waals surface area contributed by atoms with Crippen molar-refractivity contribution in [2.45, 2.75) is 55.4 Å². The van der Waals surface area contributed by atoms with Gasteiger partial charge in [-0.25, -0.2) is 9.56 Å². The van der Waals surface area contributed by atoms with Crippen LogP contribution in [0, 0.1) is 13.7 Å². The van der Waals surface area contributed by atoms with Gasteiger partial charge in [-0.15, -0.1) is 5.11 Å². The maximum absolute atomic E-state index is 10.8. The molecule has 14 aromatic rings. The zero-order chi connectivity index (χ0) is 74.5. The number of nitrogens with two attached hydrogens (primary N) is 4. The van der Waals surface area contributed by atoms with Gasteiger partial charge in [-0.3, -0.25) is 10.1 Å². The average molecular weight is 1510 g/mol.